The number of rotatable bonds is 5. The highest BCUT2D eigenvalue weighted by atomic mass is 32.2. The molecule has 1 aliphatic rings. The van der Waals surface area contributed by atoms with E-state index in [-0.39, 0.29) is 17.2 Å². The third-order valence-corrected chi connectivity index (χ3v) is 5.38. The maximum atomic E-state index is 12.6. The molecule has 0 aliphatic carbocycles. The van der Waals surface area contributed by atoms with Gasteiger partial charge in [-0.3, -0.25) is 9.59 Å². The van der Waals surface area contributed by atoms with Crippen LogP contribution in [0.15, 0.2) is 53.4 Å². The first kappa shape index (κ1) is 19.5. The summed E-state index contributed by atoms with van der Waals surface area (Å²) < 4.78 is 0. The van der Waals surface area contributed by atoms with E-state index >= 15 is 0 Å². The molecule has 0 unspecified atom stereocenters. The molecule has 3 rings (SSSR count). The van der Waals surface area contributed by atoms with Crippen LogP contribution < -0.4 is 10.2 Å². The van der Waals surface area contributed by atoms with Crippen molar-refractivity contribution in [2.75, 3.05) is 22.5 Å². The Morgan fingerprint density at radius 2 is 1.78 bits per heavy atom. The number of anilines is 2. The van der Waals surface area contributed by atoms with E-state index in [1.165, 1.54) is 17.3 Å². The molecule has 1 heterocycles. The Bertz CT molecular complexity index is 825. The molecule has 0 aromatic heterocycles. The summed E-state index contributed by atoms with van der Waals surface area (Å²) in [5, 5.41) is 2.92. The van der Waals surface area contributed by atoms with Crippen molar-refractivity contribution in [2.24, 2.45) is 5.41 Å². The summed E-state index contributed by atoms with van der Waals surface area (Å²) in [5.41, 5.74) is 3.04. The van der Waals surface area contributed by atoms with Crippen molar-refractivity contribution in [1.82, 2.24) is 0 Å². The van der Waals surface area contributed by atoms with Crippen molar-refractivity contribution >= 4 is 35.0 Å². The SMILES string of the molecule is CC(C)(C)CC(=O)Nc1ccc(SCC(=O)N2CCc3ccccc32)cc1. The molecule has 27 heavy (non-hydrogen) atoms. The first-order chi connectivity index (χ1) is 12.8. The first-order valence-corrected chi connectivity index (χ1v) is 10.2. The molecule has 0 saturated heterocycles. The van der Waals surface area contributed by atoms with Gasteiger partial charge in [0, 0.05) is 29.2 Å². The van der Waals surface area contributed by atoms with Crippen molar-refractivity contribution in [3.05, 3.63) is 54.1 Å². The van der Waals surface area contributed by atoms with E-state index in [0.29, 0.717) is 12.2 Å². The molecule has 5 heteroatoms. The topological polar surface area (TPSA) is 49.4 Å². The van der Waals surface area contributed by atoms with E-state index in [0.717, 1.165) is 29.2 Å². The van der Waals surface area contributed by atoms with Gasteiger partial charge in [0.1, 0.15) is 0 Å². The van der Waals surface area contributed by atoms with Crippen LogP contribution in [0.4, 0.5) is 11.4 Å². The average Bonchev–Trinajstić information content (AvgIpc) is 3.03. The fourth-order valence-corrected chi connectivity index (χ4v) is 3.92. The fourth-order valence-electron chi connectivity index (χ4n) is 3.14. The predicted octanol–water partition coefficient (Wildman–Crippen LogP) is 4.74. The number of fused-ring (bicyclic) bond motifs is 1. The van der Waals surface area contributed by atoms with Crippen LogP contribution in [0.1, 0.15) is 32.8 Å². The lowest BCUT2D eigenvalue weighted by atomic mass is 9.92. The predicted molar refractivity (Wildman–Crippen MR) is 112 cm³/mol. The Labute approximate surface area is 165 Å². The molecule has 2 aromatic carbocycles. The normalized spacial score (nSPS) is 13.4. The van der Waals surface area contributed by atoms with Gasteiger partial charge in [-0.2, -0.15) is 0 Å². The lowest BCUT2D eigenvalue weighted by Gasteiger charge is -2.17. The molecule has 0 radical (unpaired) electrons. The highest BCUT2D eigenvalue weighted by Crippen LogP contribution is 2.29. The zero-order valence-corrected chi connectivity index (χ0v) is 16.9. The highest BCUT2D eigenvalue weighted by molar-refractivity contribution is 8.00. The molecular weight excluding hydrogens is 356 g/mol. The summed E-state index contributed by atoms with van der Waals surface area (Å²) in [4.78, 5) is 27.5. The van der Waals surface area contributed by atoms with Crippen LogP contribution in [-0.4, -0.2) is 24.1 Å². The maximum absolute atomic E-state index is 12.6. The van der Waals surface area contributed by atoms with Crippen molar-refractivity contribution in [2.45, 2.75) is 38.5 Å². The van der Waals surface area contributed by atoms with Gasteiger partial charge in [-0.05, 0) is 47.7 Å². The molecule has 2 aromatic rings. The van der Waals surface area contributed by atoms with Gasteiger partial charge in [-0.1, -0.05) is 39.0 Å². The van der Waals surface area contributed by atoms with Crippen LogP contribution in [0.25, 0.3) is 0 Å². The molecule has 0 fully saturated rings. The van der Waals surface area contributed by atoms with Gasteiger partial charge in [-0.15, -0.1) is 11.8 Å². The van der Waals surface area contributed by atoms with Crippen LogP contribution in [0.3, 0.4) is 0 Å². The molecule has 0 spiro atoms. The summed E-state index contributed by atoms with van der Waals surface area (Å²) >= 11 is 1.52. The molecular formula is C22H26N2O2S. The van der Waals surface area contributed by atoms with Gasteiger partial charge in [0.2, 0.25) is 11.8 Å². The van der Waals surface area contributed by atoms with E-state index < -0.39 is 0 Å². The Morgan fingerprint density at radius 1 is 1.07 bits per heavy atom. The van der Waals surface area contributed by atoms with Crippen LogP contribution in [-0.2, 0) is 16.0 Å². The molecule has 4 nitrogen and oxygen atoms in total. The third kappa shape index (κ3) is 5.36. The second-order valence-electron chi connectivity index (χ2n) is 8.02. The van der Waals surface area contributed by atoms with Crippen LogP contribution in [0.2, 0.25) is 0 Å². The highest BCUT2D eigenvalue weighted by Gasteiger charge is 2.23. The van der Waals surface area contributed by atoms with Crippen LogP contribution in [0.5, 0.6) is 0 Å². The number of nitrogens with one attached hydrogen (secondary N) is 1. The lowest BCUT2D eigenvalue weighted by molar-refractivity contribution is -0.118. The maximum Gasteiger partial charge on any atom is 0.237 e. The van der Waals surface area contributed by atoms with Gasteiger partial charge in [0.25, 0.3) is 0 Å². The summed E-state index contributed by atoms with van der Waals surface area (Å²) in [7, 11) is 0. The van der Waals surface area contributed by atoms with Gasteiger partial charge >= 0.3 is 0 Å². The second-order valence-corrected chi connectivity index (χ2v) is 9.07. The van der Waals surface area contributed by atoms with E-state index in [1.54, 1.807) is 0 Å². The Morgan fingerprint density at radius 3 is 2.48 bits per heavy atom. The zero-order valence-electron chi connectivity index (χ0n) is 16.1. The van der Waals surface area contributed by atoms with Gasteiger partial charge in [-0.25, -0.2) is 0 Å². The number of carbonyl (C=O) groups is 2. The quantitative estimate of drug-likeness (QED) is 0.760. The third-order valence-electron chi connectivity index (χ3n) is 4.38. The van der Waals surface area contributed by atoms with Crippen molar-refractivity contribution in [3.63, 3.8) is 0 Å². The van der Waals surface area contributed by atoms with E-state index in [2.05, 4.69) is 11.4 Å². The van der Waals surface area contributed by atoms with E-state index in [1.807, 2.05) is 68.1 Å². The van der Waals surface area contributed by atoms with Crippen LogP contribution >= 0.6 is 11.8 Å². The Kier molecular flexibility index (Phi) is 5.90. The van der Waals surface area contributed by atoms with Gasteiger partial charge in [0.15, 0.2) is 0 Å². The second kappa shape index (κ2) is 8.17. The van der Waals surface area contributed by atoms with Gasteiger partial charge < -0.3 is 10.2 Å². The van der Waals surface area contributed by atoms with E-state index in [9.17, 15) is 9.59 Å². The summed E-state index contributed by atoms with van der Waals surface area (Å²) in [6, 6.07) is 15.8. The lowest BCUT2D eigenvalue weighted by Crippen LogP contribution is -2.30. The summed E-state index contributed by atoms with van der Waals surface area (Å²) in [6.45, 7) is 6.89. The molecule has 0 saturated carbocycles. The average molecular weight is 383 g/mol. The van der Waals surface area contributed by atoms with Crippen LogP contribution in [0, 0.1) is 5.41 Å². The van der Waals surface area contributed by atoms with Crippen molar-refractivity contribution in [1.29, 1.82) is 0 Å². The molecule has 1 N–H and O–H groups in total. The minimum absolute atomic E-state index is 0.0192. The molecule has 2 amide bonds. The minimum Gasteiger partial charge on any atom is -0.326 e. The zero-order chi connectivity index (χ0) is 19.4. The monoisotopic (exact) mass is 382 g/mol. The molecule has 1 aliphatic heterocycles. The Hall–Kier alpha value is -2.27. The number of carbonyl (C=O) groups excluding carboxylic acids is 2. The number of benzene rings is 2. The number of hydrogen-bond acceptors (Lipinski definition) is 3. The summed E-state index contributed by atoms with van der Waals surface area (Å²) in [5.74, 6) is 0.558. The van der Waals surface area contributed by atoms with Crippen molar-refractivity contribution < 1.29 is 9.59 Å². The van der Waals surface area contributed by atoms with Crippen molar-refractivity contribution in [3.8, 4) is 0 Å². The first-order valence-electron chi connectivity index (χ1n) is 9.23. The number of hydrogen-bond donors (Lipinski definition) is 1. The summed E-state index contributed by atoms with van der Waals surface area (Å²) in [6.07, 6.45) is 1.41. The minimum atomic E-state index is -0.0333. The number of nitrogens with zero attached hydrogens (tertiary/aromatic N) is 1. The Balaban J connectivity index is 1.52. The standard InChI is InChI=1S/C22H26N2O2S/c1-22(2,3)14-20(25)23-17-8-10-18(11-9-17)27-15-21(26)24-13-12-16-6-4-5-7-19(16)24/h4-11H,12-15H2,1-3H3,(H,23,25). The molecule has 0 atom stereocenters. The molecule has 0 bridgehead atoms. The van der Waals surface area contributed by atoms with E-state index in [4.69, 9.17) is 0 Å². The molecule has 142 valence electrons. The number of para-hydroxylation sites is 1. The van der Waals surface area contributed by atoms with Gasteiger partial charge in [0.05, 0.1) is 5.75 Å². The largest absolute Gasteiger partial charge is 0.326 e. The fraction of sp³-hybridized carbons (Fsp3) is 0.364. The smallest absolute Gasteiger partial charge is 0.237 e. The number of amides is 2. The number of thioether (sulfide) groups is 1.